The molecule has 0 atom stereocenters. The number of hydrogen-bond acceptors (Lipinski definition) is 4. The first kappa shape index (κ1) is 12.7. The molecule has 1 aromatic rings. The van der Waals surface area contributed by atoms with Crippen molar-refractivity contribution in [2.24, 2.45) is 11.8 Å². The van der Waals surface area contributed by atoms with Crippen LogP contribution in [0.5, 0.6) is 0 Å². The summed E-state index contributed by atoms with van der Waals surface area (Å²) in [6.07, 6.45) is 0. The number of hydrogen-bond donors (Lipinski definition) is 2. The maximum absolute atomic E-state index is 11.3. The van der Waals surface area contributed by atoms with Crippen LogP contribution in [0.3, 0.4) is 0 Å². The van der Waals surface area contributed by atoms with Crippen LogP contribution in [-0.4, -0.2) is 13.1 Å². The molecule has 4 nitrogen and oxygen atoms in total. The van der Waals surface area contributed by atoms with Gasteiger partial charge in [0.2, 0.25) is 0 Å². The zero-order chi connectivity index (χ0) is 12.3. The van der Waals surface area contributed by atoms with E-state index < -0.39 is 10.9 Å². The van der Waals surface area contributed by atoms with Crippen LogP contribution >= 0.6 is 0 Å². The molecule has 0 heterocycles. The summed E-state index contributed by atoms with van der Waals surface area (Å²) in [6, 6.07) is 0. The van der Waals surface area contributed by atoms with Gasteiger partial charge in [-0.25, -0.2) is 0 Å². The predicted octanol–water partition coefficient (Wildman–Crippen LogP) is 1.42. The molecule has 0 aliphatic rings. The third-order valence-corrected chi connectivity index (χ3v) is 2.28. The van der Waals surface area contributed by atoms with Crippen LogP contribution in [0.15, 0.2) is 9.59 Å². The Bertz CT molecular complexity index is 375. The molecular weight excluding hydrogens is 204 g/mol. The SMILES string of the molecule is CC(C)CNc1c(NCC(C)C)c(=O)c1=O. The van der Waals surface area contributed by atoms with E-state index in [1.807, 2.05) is 0 Å². The largest absolute Gasteiger partial charge is 0.380 e. The van der Waals surface area contributed by atoms with Gasteiger partial charge in [-0.2, -0.15) is 0 Å². The quantitative estimate of drug-likeness (QED) is 0.717. The Labute approximate surface area is 95.8 Å². The van der Waals surface area contributed by atoms with Crippen LogP contribution in [0.4, 0.5) is 11.4 Å². The van der Waals surface area contributed by atoms with Crippen LogP contribution in [0, 0.1) is 11.8 Å². The Kier molecular flexibility index (Phi) is 4.10. The van der Waals surface area contributed by atoms with Gasteiger partial charge in [0.05, 0.1) is 0 Å². The molecule has 0 aliphatic carbocycles. The Morgan fingerprint density at radius 2 is 1.12 bits per heavy atom. The molecule has 16 heavy (non-hydrogen) atoms. The number of rotatable bonds is 6. The number of anilines is 2. The van der Waals surface area contributed by atoms with Crippen molar-refractivity contribution in [3.8, 4) is 0 Å². The molecule has 0 aromatic heterocycles. The lowest BCUT2D eigenvalue weighted by Gasteiger charge is -2.16. The van der Waals surface area contributed by atoms with Gasteiger partial charge in [0.1, 0.15) is 11.4 Å². The van der Waals surface area contributed by atoms with Crippen molar-refractivity contribution in [3.63, 3.8) is 0 Å². The highest BCUT2D eigenvalue weighted by Crippen LogP contribution is 2.15. The summed E-state index contributed by atoms with van der Waals surface area (Å²) < 4.78 is 0. The van der Waals surface area contributed by atoms with E-state index in [0.717, 1.165) is 0 Å². The van der Waals surface area contributed by atoms with Crippen LogP contribution in [0.2, 0.25) is 0 Å². The van der Waals surface area contributed by atoms with Gasteiger partial charge in [-0.15, -0.1) is 0 Å². The molecule has 0 saturated carbocycles. The molecule has 0 radical (unpaired) electrons. The maximum Gasteiger partial charge on any atom is 0.253 e. The molecule has 0 fully saturated rings. The van der Waals surface area contributed by atoms with E-state index in [1.165, 1.54) is 0 Å². The van der Waals surface area contributed by atoms with Crippen LogP contribution in [0.25, 0.3) is 0 Å². The molecule has 2 N–H and O–H groups in total. The molecule has 0 spiro atoms. The minimum Gasteiger partial charge on any atom is -0.380 e. The average Bonchev–Trinajstić information content (AvgIpc) is 2.20. The minimum absolute atomic E-state index is 0.396. The monoisotopic (exact) mass is 224 g/mol. The second-order valence-corrected chi connectivity index (χ2v) is 4.96. The Hall–Kier alpha value is -1.32. The zero-order valence-electron chi connectivity index (χ0n) is 10.4. The Balaban J connectivity index is 2.66. The molecule has 90 valence electrons. The van der Waals surface area contributed by atoms with Gasteiger partial charge >= 0.3 is 0 Å². The van der Waals surface area contributed by atoms with Gasteiger partial charge < -0.3 is 10.6 Å². The molecule has 0 bridgehead atoms. The molecule has 1 rings (SSSR count). The van der Waals surface area contributed by atoms with E-state index in [9.17, 15) is 9.59 Å². The third-order valence-electron chi connectivity index (χ3n) is 2.28. The second kappa shape index (κ2) is 5.14. The molecule has 0 amide bonds. The lowest BCUT2D eigenvalue weighted by Crippen LogP contribution is -2.38. The Morgan fingerprint density at radius 3 is 1.38 bits per heavy atom. The van der Waals surface area contributed by atoms with Crippen molar-refractivity contribution >= 4 is 11.4 Å². The van der Waals surface area contributed by atoms with Gasteiger partial charge in [-0.3, -0.25) is 9.59 Å². The van der Waals surface area contributed by atoms with E-state index in [2.05, 4.69) is 38.3 Å². The summed E-state index contributed by atoms with van der Waals surface area (Å²) in [7, 11) is 0. The fourth-order valence-electron chi connectivity index (χ4n) is 1.34. The lowest BCUT2D eigenvalue weighted by atomic mass is 10.1. The van der Waals surface area contributed by atoms with Crippen LogP contribution in [0.1, 0.15) is 27.7 Å². The van der Waals surface area contributed by atoms with Crippen molar-refractivity contribution in [1.82, 2.24) is 0 Å². The Morgan fingerprint density at radius 1 is 0.812 bits per heavy atom. The second-order valence-electron chi connectivity index (χ2n) is 4.96. The first-order chi connectivity index (χ1) is 7.43. The fourth-order valence-corrected chi connectivity index (χ4v) is 1.34. The fraction of sp³-hybridized carbons (Fsp3) is 0.667. The predicted molar refractivity (Wildman–Crippen MR) is 68.0 cm³/mol. The summed E-state index contributed by atoms with van der Waals surface area (Å²) in [5.74, 6) is 0.893. The molecule has 0 unspecified atom stereocenters. The van der Waals surface area contributed by atoms with Gasteiger partial charge in [0, 0.05) is 13.1 Å². The minimum atomic E-state index is -0.396. The summed E-state index contributed by atoms with van der Waals surface area (Å²) in [4.78, 5) is 22.6. The lowest BCUT2D eigenvalue weighted by molar-refractivity contribution is 0.682. The molecule has 0 saturated heterocycles. The first-order valence-corrected chi connectivity index (χ1v) is 5.74. The highest BCUT2D eigenvalue weighted by Gasteiger charge is 2.20. The number of nitrogens with one attached hydrogen (secondary N) is 2. The first-order valence-electron chi connectivity index (χ1n) is 5.74. The maximum atomic E-state index is 11.3. The normalized spacial score (nSPS) is 11.4. The van der Waals surface area contributed by atoms with Crippen molar-refractivity contribution in [1.29, 1.82) is 0 Å². The standard InChI is InChI=1S/C12H20N2O2/c1-7(2)5-13-9-10(12(16)11(9)15)14-6-8(3)4/h7-8,13-14H,5-6H2,1-4H3. The highest BCUT2D eigenvalue weighted by atomic mass is 16.2. The molecular formula is C12H20N2O2. The van der Waals surface area contributed by atoms with Gasteiger partial charge in [0.15, 0.2) is 0 Å². The highest BCUT2D eigenvalue weighted by molar-refractivity contribution is 5.73. The van der Waals surface area contributed by atoms with E-state index in [1.54, 1.807) is 0 Å². The van der Waals surface area contributed by atoms with Crippen molar-refractivity contribution < 1.29 is 0 Å². The molecule has 0 aliphatic heterocycles. The summed E-state index contributed by atoms with van der Waals surface area (Å²) in [5.41, 5.74) is 0.123. The van der Waals surface area contributed by atoms with E-state index in [-0.39, 0.29) is 0 Å². The molecule has 1 aromatic carbocycles. The van der Waals surface area contributed by atoms with Gasteiger partial charge in [-0.1, -0.05) is 27.7 Å². The van der Waals surface area contributed by atoms with E-state index >= 15 is 0 Å². The van der Waals surface area contributed by atoms with Gasteiger partial charge in [-0.05, 0) is 11.8 Å². The third kappa shape index (κ3) is 2.84. The van der Waals surface area contributed by atoms with Crippen molar-refractivity contribution in [2.45, 2.75) is 27.7 Å². The smallest absolute Gasteiger partial charge is 0.253 e. The van der Waals surface area contributed by atoms with E-state index in [4.69, 9.17) is 0 Å². The van der Waals surface area contributed by atoms with Crippen LogP contribution in [-0.2, 0) is 0 Å². The van der Waals surface area contributed by atoms with Crippen LogP contribution < -0.4 is 21.5 Å². The van der Waals surface area contributed by atoms with Crippen molar-refractivity contribution in [3.05, 3.63) is 20.4 Å². The summed E-state index contributed by atoms with van der Waals surface area (Å²) >= 11 is 0. The summed E-state index contributed by atoms with van der Waals surface area (Å²) in [6.45, 7) is 9.64. The van der Waals surface area contributed by atoms with Gasteiger partial charge in [0.25, 0.3) is 10.9 Å². The van der Waals surface area contributed by atoms with Crippen molar-refractivity contribution in [2.75, 3.05) is 23.7 Å². The average molecular weight is 224 g/mol. The topological polar surface area (TPSA) is 58.2 Å². The van der Waals surface area contributed by atoms with E-state index in [0.29, 0.717) is 36.3 Å². The molecule has 4 heteroatoms. The summed E-state index contributed by atoms with van der Waals surface area (Å²) in [5, 5.41) is 6.04. The zero-order valence-corrected chi connectivity index (χ0v) is 10.4.